The van der Waals surface area contributed by atoms with Crippen LogP contribution >= 0.6 is 15.9 Å². The van der Waals surface area contributed by atoms with Gasteiger partial charge in [0.05, 0.1) is 29.5 Å². The summed E-state index contributed by atoms with van der Waals surface area (Å²) in [6.45, 7) is 9.30. The van der Waals surface area contributed by atoms with Crippen molar-refractivity contribution in [2.75, 3.05) is 13.1 Å². The molecular weight excluding hydrogens is 610 g/mol. The van der Waals surface area contributed by atoms with Gasteiger partial charge in [-0.1, -0.05) is 30.3 Å². The summed E-state index contributed by atoms with van der Waals surface area (Å²) < 4.78 is 22.1. The van der Waals surface area contributed by atoms with Crippen LogP contribution in [0.1, 0.15) is 58.2 Å². The number of halogens is 1. The smallest absolute Gasteiger partial charge is 0.336 e. The van der Waals surface area contributed by atoms with Crippen molar-refractivity contribution in [3.63, 3.8) is 0 Å². The number of ether oxygens (including phenoxy) is 3. The highest BCUT2D eigenvalue weighted by molar-refractivity contribution is 9.10. The number of esters is 3. The predicted molar refractivity (Wildman–Crippen MR) is 159 cm³/mol. The molecule has 0 atom stereocenters. The number of hydrogen-bond acceptors (Lipinski definition) is 10. The van der Waals surface area contributed by atoms with Gasteiger partial charge < -0.3 is 23.7 Å². The van der Waals surface area contributed by atoms with Crippen LogP contribution in [0.5, 0.6) is 5.75 Å². The van der Waals surface area contributed by atoms with Crippen LogP contribution in [0.3, 0.4) is 0 Å². The van der Waals surface area contributed by atoms with E-state index in [1.807, 2.05) is 18.2 Å². The lowest BCUT2D eigenvalue weighted by molar-refractivity contribution is -0.160. The number of carbonyl (C=O) groups is 3. The van der Waals surface area contributed by atoms with Gasteiger partial charge in [0.2, 0.25) is 0 Å². The summed E-state index contributed by atoms with van der Waals surface area (Å²) in [7, 11) is 0. The van der Waals surface area contributed by atoms with Crippen molar-refractivity contribution < 1.29 is 38.1 Å². The van der Waals surface area contributed by atoms with E-state index in [4.69, 9.17) is 18.6 Å². The zero-order valence-corrected chi connectivity index (χ0v) is 26.2. The number of phenols is 1. The van der Waals surface area contributed by atoms with Crippen molar-refractivity contribution in [3.8, 4) is 5.75 Å². The first-order chi connectivity index (χ1) is 19.5. The van der Waals surface area contributed by atoms with Crippen molar-refractivity contribution in [2.24, 2.45) is 0 Å². The number of carbonyl (C=O) groups excluding carboxylic acids is 3. The number of fused-ring (bicyclic) bond motifs is 1. The third-order valence-corrected chi connectivity index (χ3v) is 6.25. The molecule has 0 saturated heterocycles. The molecule has 0 fully saturated rings. The second kappa shape index (κ2) is 13.5. The van der Waals surface area contributed by atoms with Gasteiger partial charge in [-0.15, -0.1) is 0 Å². The van der Waals surface area contributed by atoms with Crippen LogP contribution in [-0.2, 0) is 48.2 Å². The first-order valence-electron chi connectivity index (χ1n) is 13.3. The maximum Gasteiger partial charge on any atom is 0.336 e. The standard InChI is InChI=1S/C31H36BrNO9/c1-30(2,3)41-26(36)16-33(17-27(37)42-31(4,5)6)15-22-28(38)23(32)14-21-20(13-25(35)40-29(21)22)18-39-24(34)12-19-10-8-7-9-11-19/h7-11,13-14,38H,12,15-18H2,1-6H3. The highest BCUT2D eigenvalue weighted by Crippen LogP contribution is 2.36. The molecule has 10 nitrogen and oxygen atoms in total. The van der Waals surface area contributed by atoms with Gasteiger partial charge in [0.25, 0.3) is 0 Å². The van der Waals surface area contributed by atoms with Gasteiger partial charge in [-0.05, 0) is 69.1 Å². The van der Waals surface area contributed by atoms with Gasteiger partial charge in [-0.3, -0.25) is 19.3 Å². The number of benzene rings is 2. The fourth-order valence-electron chi connectivity index (χ4n) is 4.12. The van der Waals surface area contributed by atoms with E-state index >= 15 is 0 Å². The minimum absolute atomic E-state index is 0.0238. The molecular formula is C31H36BrNO9. The van der Waals surface area contributed by atoms with Crippen LogP contribution in [-0.4, -0.2) is 52.2 Å². The number of aromatic hydroxyl groups is 1. The molecule has 0 aliphatic rings. The largest absolute Gasteiger partial charge is 0.506 e. The Bertz CT molecular complexity index is 1470. The second-order valence-corrected chi connectivity index (χ2v) is 12.6. The molecule has 11 heteroatoms. The minimum Gasteiger partial charge on any atom is -0.506 e. The van der Waals surface area contributed by atoms with E-state index in [0.29, 0.717) is 10.9 Å². The van der Waals surface area contributed by atoms with E-state index in [2.05, 4.69) is 15.9 Å². The summed E-state index contributed by atoms with van der Waals surface area (Å²) in [5, 5.41) is 11.4. The first-order valence-corrected chi connectivity index (χ1v) is 14.1. The summed E-state index contributed by atoms with van der Waals surface area (Å²) in [5.74, 6) is -1.93. The van der Waals surface area contributed by atoms with E-state index in [0.717, 1.165) is 5.56 Å². The number of nitrogens with zero attached hydrogens (tertiary/aromatic N) is 1. The molecule has 0 radical (unpaired) electrons. The second-order valence-electron chi connectivity index (χ2n) is 11.8. The van der Waals surface area contributed by atoms with Gasteiger partial charge in [-0.2, -0.15) is 0 Å². The molecule has 1 aromatic heterocycles. The van der Waals surface area contributed by atoms with Crippen molar-refractivity contribution in [3.05, 3.63) is 74.0 Å². The summed E-state index contributed by atoms with van der Waals surface area (Å²) in [4.78, 5) is 51.9. The van der Waals surface area contributed by atoms with E-state index in [1.54, 1.807) is 59.7 Å². The Morgan fingerprint density at radius 1 is 0.905 bits per heavy atom. The minimum atomic E-state index is -0.765. The number of phenolic OH excluding ortho intramolecular Hbond substituents is 1. The van der Waals surface area contributed by atoms with Gasteiger partial charge in [0.15, 0.2) is 0 Å². The highest BCUT2D eigenvalue weighted by Gasteiger charge is 2.26. The molecule has 0 aliphatic heterocycles. The molecule has 2 aromatic carbocycles. The molecule has 42 heavy (non-hydrogen) atoms. The van der Waals surface area contributed by atoms with Crippen LogP contribution in [0, 0.1) is 0 Å². The third-order valence-electron chi connectivity index (χ3n) is 5.65. The van der Waals surface area contributed by atoms with Gasteiger partial charge in [-0.25, -0.2) is 4.79 Å². The van der Waals surface area contributed by atoms with Crippen LogP contribution in [0.25, 0.3) is 11.0 Å². The van der Waals surface area contributed by atoms with E-state index in [9.17, 15) is 24.3 Å². The van der Waals surface area contributed by atoms with Crippen molar-refractivity contribution >= 4 is 44.8 Å². The summed E-state index contributed by atoms with van der Waals surface area (Å²) in [6.07, 6.45) is 0.0558. The Balaban J connectivity index is 1.95. The number of hydrogen-bond donors (Lipinski definition) is 1. The van der Waals surface area contributed by atoms with Crippen molar-refractivity contribution in [1.82, 2.24) is 4.90 Å². The maximum absolute atomic E-state index is 12.7. The molecule has 226 valence electrons. The number of rotatable bonds is 10. The molecule has 1 heterocycles. The fourth-order valence-corrected chi connectivity index (χ4v) is 4.59. The third kappa shape index (κ3) is 9.99. The molecule has 1 N–H and O–H groups in total. The molecule has 0 bridgehead atoms. The molecule has 3 aromatic rings. The van der Waals surface area contributed by atoms with Crippen LogP contribution in [0.4, 0.5) is 0 Å². The Hall–Kier alpha value is -3.70. The fraction of sp³-hybridized carbons (Fsp3) is 0.419. The van der Waals surface area contributed by atoms with Crippen LogP contribution < -0.4 is 5.63 Å². The maximum atomic E-state index is 12.7. The van der Waals surface area contributed by atoms with E-state index in [1.165, 1.54) is 11.0 Å². The molecule has 0 amide bonds. The molecule has 0 aliphatic carbocycles. The topological polar surface area (TPSA) is 133 Å². The molecule has 0 spiro atoms. The lowest BCUT2D eigenvalue weighted by atomic mass is 10.0. The van der Waals surface area contributed by atoms with Crippen LogP contribution in [0.2, 0.25) is 0 Å². The lowest BCUT2D eigenvalue weighted by Crippen LogP contribution is -2.39. The Morgan fingerprint density at radius 3 is 2.02 bits per heavy atom. The summed E-state index contributed by atoms with van der Waals surface area (Å²) >= 11 is 3.34. The van der Waals surface area contributed by atoms with E-state index < -0.39 is 34.7 Å². The zero-order valence-electron chi connectivity index (χ0n) is 24.6. The monoisotopic (exact) mass is 645 g/mol. The average molecular weight is 647 g/mol. The molecule has 0 unspecified atom stereocenters. The zero-order chi connectivity index (χ0) is 31.2. The average Bonchev–Trinajstić information content (AvgIpc) is 2.84. The van der Waals surface area contributed by atoms with Gasteiger partial charge in [0, 0.05) is 23.6 Å². The lowest BCUT2D eigenvalue weighted by Gasteiger charge is -2.26. The molecule has 0 saturated carbocycles. The Morgan fingerprint density at radius 2 is 1.48 bits per heavy atom. The van der Waals surface area contributed by atoms with Crippen LogP contribution in [0.15, 0.2) is 56.1 Å². The SMILES string of the molecule is CC(C)(C)OC(=O)CN(CC(=O)OC(C)(C)C)Cc1c(O)c(Br)cc2c(COC(=O)Cc3ccccc3)cc(=O)oc12. The Kier molecular flexibility index (Phi) is 10.6. The van der Waals surface area contributed by atoms with Crippen molar-refractivity contribution in [1.29, 1.82) is 0 Å². The van der Waals surface area contributed by atoms with Gasteiger partial charge >= 0.3 is 23.5 Å². The first kappa shape index (κ1) is 32.8. The summed E-state index contributed by atoms with van der Waals surface area (Å²) in [6, 6.07) is 11.9. The molecule has 3 rings (SSSR count). The normalized spacial score (nSPS) is 11.9. The van der Waals surface area contributed by atoms with E-state index in [-0.39, 0.29) is 54.0 Å². The Labute approximate surface area is 252 Å². The van der Waals surface area contributed by atoms with Crippen molar-refractivity contribution in [2.45, 2.75) is 72.3 Å². The summed E-state index contributed by atoms with van der Waals surface area (Å²) in [5.41, 5.74) is -0.958. The predicted octanol–water partition coefficient (Wildman–Crippen LogP) is 5.03. The highest BCUT2D eigenvalue weighted by atomic mass is 79.9. The van der Waals surface area contributed by atoms with Gasteiger partial charge in [0.1, 0.15) is 29.1 Å². The quantitative estimate of drug-likeness (QED) is 0.182.